The van der Waals surface area contributed by atoms with Crippen LogP contribution in [-0.2, 0) is 35.0 Å². The molecule has 1 aliphatic rings. The van der Waals surface area contributed by atoms with Crippen molar-refractivity contribution in [3.8, 4) is 17.2 Å². The lowest BCUT2D eigenvalue weighted by Gasteiger charge is -2.32. The summed E-state index contributed by atoms with van der Waals surface area (Å²) in [4.78, 5) is 42.8. The second kappa shape index (κ2) is 18.2. The zero-order valence-electron chi connectivity index (χ0n) is 27.0. The average Bonchev–Trinajstić information content (AvgIpc) is 3.07. The van der Waals surface area contributed by atoms with E-state index in [1.165, 1.54) is 19.4 Å². The summed E-state index contributed by atoms with van der Waals surface area (Å²) < 4.78 is 38.6. The molecule has 0 bridgehead atoms. The number of carbonyl (C=O) groups excluding carboxylic acids is 3. The van der Waals surface area contributed by atoms with Crippen LogP contribution in [0.5, 0.6) is 17.2 Å². The van der Waals surface area contributed by atoms with Crippen molar-refractivity contribution in [1.29, 1.82) is 0 Å². The number of amides is 1. The highest BCUT2D eigenvalue weighted by molar-refractivity contribution is 5.98. The summed E-state index contributed by atoms with van der Waals surface area (Å²) in [7, 11) is 3.04. The van der Waals surface area contributed by atoms with Gasteiger partial charge >= 0.3 is 11.9 Å². The van der Waals surface area contributed by atoms with Crippen LogP contribution in [0.2, 0.25) is 0 Å². The van der Waals surface area contributed by atoms with Gasteiger partial charge in [0.25, 0.3) is 5.91 Å². The lowest BCUT2D eigenvalue weighted by Crippen LogP contribution is -2.45. The number of carbonyl (C=O) groups is 3. The largest absolute Gasteiger partial charge is 0.497 e. The quantitative estimate of drug-likeness (QED) is 0.224. The van der Waals surface area contributed by atoms with E-state index < -0.39 is 36.8 Å². The van der Waals surface area contributed by atoms with Crippen molar-refractivity contribution >= 4 is 17.8 Å². The molecular formula is C33H46N2O10. The molecule has 3 rings (SSSR count). The first-order valence-corrected chi connectivity index (χ1v) is 15.3. The van der Waals surface area contributed by atoms with E-state index in [1.807, 2.05) is 31.2 Å². The molecule has 1 fully saturated rings. The van der Waals surface area contributed by atoms with Crippen molar-refractivity contribution in [1.82, 2.24) is 10.3 Å². The Hall–Kier alpha value is -3.90. The van der Waals surface area contributed by atoms with Crippen LogP contribution in [0.1, 0.15) is 63.0 Å². The molecule has 12 nitrogen and oxygen atoms in total. The summed E-state index contributed by atoms with van der Waals surface area (Å²) in [6, 6.07) is 8.49. The van der Waals surface area contributed by atoms with Gasteiger partial charge in [-0.1, -0.05) is 32.4 Å². The molecule has 4 atom stereocenters. The number of rotatable bonds is 15. The Labute approximate surface area is 265 Å². The monoisotopic (exact) mass is 630 g/mol. The summed E-state index contributed by atoms with van der Waals surface area (Å²) in [5.74, 6) is -0.539. The molecule has 45 heavy (non-hydrogen) atoms. The standard InChI is InChI=1S/C33H46N2O10/c1-7-41-19-28(36)43-20-44-31-27(40-6)15-16-34-29(31)32(37)35-26-10-8-9-24(17-23-11-13-25(39-5)14-12-23)30(42-18-21(2)3)22(4)45-33(26)38/h11-16,21-22,24,26,30H,7-10,17-20H2,1-6H3,(H,35,37)/t22-,24+,26-,30-/m0/s1. The van der Waals surface area contributed by atoms with Gasteiger partial charge in [-0.25, -0.2) is 14.6 Å². The first-order chi connectivity index (χ1) is 21.7. The van der Waals surface area contributed by atoms with Crippen LogP contribution in [-0.4, -0.2) is 81.9 Å². The van der Waals surface area contributed by atoms with E-state index in [4.69, 9.17) is 33.2 Å². The second-order valence-corrected chi connectivity index (χ2v) is 11.2. The smallest absolute Gasteiger partial charge is 0.334 e. The predicted octanol–water partition coefficient (Wildman–Crippen LogP) is 4.13. The fraction of sp³-hybridized carbons (Fsp3) is 0.576. The maximum absolute atomic E-state index is 13.5. The highest BCUT2D eigenvalue weighted by Crippen LogP contribution is 2.31. The normalized spacial score (nSPS) is 20.3. The minimum atomic E-state index is -0.935. The molecule has 0 aliphatic carbocycles. The molecule has 0 spiro atoms. The van der Waals surface area contributed by atoms with Crippen molar-refractivity contribution < 1.29 is 47.5 Å². The minimum Gasteiger partial charge on any atom is -0.497 e. The molecule has 12 heteroatoms. The van der Waals surface area contributed by atoms with E-state index in [2.05, 4.69) is 24.1 Å². The van der Waals surface area contributed by atoms with Crippen LogP contribution in [0.3, 0.4) is 0 Å². The van der Waals surface area contributed by atoms with Gasteiger partial charge in [0, 0.05) is 25.5 Å². The number of nitrogens with one attached hydrogen (secondary N) is 1. The van der Waals surface area contributed by atoms with Crippen molar-refractivity contribution in [3.05, 3.63) is 47.8 Å². The van der Waals surface area contributed by atoms with Crippen LogP contribution in [0, 0.1) is 11.8 Å². The van der Waals surface area contributed by atoms with E-state index in [0.717, 1.165) is 24.2 Å². The van der Waals surface area contributed by atoms with Crippen LogP contribution >= 0.6 is 0 Å². The Kier molecular flexibility index (Phi) is 14.4. The van der Waals surface area contributed by atoms with Gasteiger partial charge in [0.1, 0.15) is 24.5 Å². The molecule has 1 aromatic carbocycles. The number of hydrogen-bond donors (Lipinski definition) is 1. The SMILES string of the molecule is CCOCC(=O)OCOc1c(OC)ccnc1C(=O)N[C@H]1CCC[C@H](Cc2ccc(OC)cc2)[C@@H](OCC(C)C)[C@H](C)OC1=O. The summed E-state index contributed by atoms with van der Waals surface area (Å²) in [6.45, 7) is 7.88. The Morgan fingerprint density at radius 1 is 1.09 bits per heavy atom. The number of hydrogen-bond acceptors (Lipinski definition) is 11. The molecular weight excluding hydrogens is 584 g/mol. The topological polar surface area (TPSA) is 141 Å². The Morgan fingerprint density at radius 3 is 2.51 bits per heavy atom. The molecule has 2 aromatic rings. The zero-order valence-corrected chi connectivity index (χ0v) is 27.0. The van der Waals surface area contributed by atoms with Crippen LogP contribution in [0.4, 0.5) is 0 Å². The molecule has 1 aromatic heterocycles. The number of nitrogens with zero attached hydrogens (tertiary/aromatic N) is 1. The summed E-state index contributed by atoms with van der Waals surface area (Å²) in [5, 5.41) is 2.77. The van der Waals surface area contributed by atoms with Gasteiger partial charge in [-0.3, -0.25) is 4.79 Å². The van der Waals surface area contributed by atoms with Crippen molar-refractivity contribution in [3.63, 3.8) is 0 Å². The maximum Gasteiger partial charge on any atom is 0.334 e. The van der Waals surface area contributed by atoms with Crippen molar-refractivity contribution in [2.24, 2.45) is 11.8 Å². The van der Waals surface area contributed by atoms with Crippen molar-refractivity contribution in [2.45, 2.75) is 71.6 Å². The molecule has 1 aliphatic heterocycles. The number of esters is 2. The Balaban J connectivity index is 1.76. The van der Waals surface area contributed by atoms with Crippen LogP contribution in [0.15, 0.2) is 36.5 Å². The first kappa shape index (κ1) is 35.6. The van der Waals surface area contributed by atoms with Gasteiger partial charge in [-0.05, 0) is 62.6 Å². The van der Waals surface area contributed by atoms with E-state index in [1.54, 1.807) is 14.0 Å². The van der Waals surface area contributed by atoms with Gasteiger partial charge in [0.05, 0.1) is 20.3 Å². The summed E-state index contributed by atoms with van der Waals surface area (Å²) >= 11 is 0. The number of pyridine rings is 1. The number of benzene rings is 1. The molecule has 2 heterocycles. The fourth-order valence-corrected chi connectivity index (χ4v) is 5.07. The molecule has 1 amide bonds. The van der Waals surface area contributed by atoms with Gasteiger partial charge in [-0.15, -0.1) is 0 Å². The Morgan fingerprint density at radius 2 is 1.84 bits per heavy atom. The fourth-order valence-electron chi connectivity index (χ4n) is 5.07. The predicted molar refractivity (Wildman–Crippen MR) is 164 cm³/mol. The van der Waals surface area contributed by atoms with E-state index in [9.17, 15) is 14.4 Å². The van der Waals surface area contributed by atoms with Gasteiger partial charge < -0.3 is 38.5 Å². The van der Waals surface area contributed by atoms with Gasteiger partial charge in [-0.2, -0.15) is 0 Å². The van der Waals surface area contributed by atoms with Gasteiger partial charge in [0.2, 0.25) is 6.79 Å². The summed E-state index contributed by atoms with van der Waals surface area (Å²) in [5.41, 5.74) is 0.994. The van der Waals surface area contributed by atoms with Crippen LogP contribution in [0.25, 0.3) is 0 Å². The first-order valence-electron chi connectivity index (χ1n) is 15.3. The lowest BCUT2D eigenvalue weighted by atomic mass is 9.86. The van der Waals surface area contributed by atoms with E-state index in [-0.39, 0.29) is 35.8 Å². The molecule has 0 unspecified atom stereocenters. The molecule has 248 valence electrons. The van der Waals surface area contributed by atoms with Crippen molar-refractivity contribution in [2.75, 3.05) is 40.8 Å². The van der Waals surface area contributed by atoms with E-state index >= 15 is 0 Å². The highest BCUT2D eigenvalue weighted by Gasteiger charge is 2.36. The van der Waals surface area contributed by atoms with Crippen LogP contribution < -0.4 is 19.5 Å². The lowest BCUT2D eigenvalue weighted by molar-refractivity contribution is -0.161. The molecule has 0 radical (unpaired) electrons. The molecule has 1 saturated heterocycles. The third kappa shape index (κ3) is 10.9. The number of cyclic esters (lactones) is 1. The third-order valence-corrected chi connectivity index (χ3v) is 7.32. The minimum absolute atomic E-state index is 0.0341. The molecule has 0 saturated carbocycles. The van der Waals surface area contributed by atoms with Gasteiger partial charge in [0.15, 0.2) is 17.2 Å². The second-order valence-electron chi connectivity index (χ2n) is 11.2. The third-order valence-electron chi connectivity index (χ3n) is 7.32. The highest BCUT2D eigenvalue weighted by atomic mass is 16.7. The summed E-state index contributed by atoms with van der Waals surface area (Å²) in [6.07, 6.45) is 2.96. The number of aromatic nitrogens is 1. The Bertz CT molecular complexity index is 1240. The zero-order chi connectivity index (χ0) is 32.8. The molecule has 1 N–H and O–H groups in total. The number of ether oxygens (including phenoxy) is 7. The number of methoxy groups -OCH3 is 2. The van der Waals surface area contributed by atoms with E-state index in [0.29, 0.717) is 32.0 Å². The average molecular weight is 631 g/mol. The maximum atomic E-state index is 13.5.